The molecule has 152 valence electrons. The summed E-state index contributed by atoms with van der Waals surface area (Å²) >= 11 is -0.421. The van der Waals surface area contributed by atoms with Crippen molar-refractivity contribution in [1.29, 1.82) is 0 Å². The molecule has 2 rings (SSSR count). The summed E-state index contributed by atoms with van der Waals surface area (Å²) in [4.78, 5) is 1.95. The van der Waals surface area contributed by atoms with E-state index in [9.17, 15) is 26.3 Å². The van der Waals surface area contributed by atoms with Crippen LogP contribution in [-0.4, -0.2) is 41.6 Å². The van der Waals surface area contributed by atoms with Gasteiger partial charge in [-0.15, -0.1) is 0 Å². The molecule has 0 spiro atoms. The Hall–Kier alpha value is -1.24. The van der Waals surface area contributed by atoms with Crippen molar-refractivity contribution in [2.24, 2.45) is 0 Å². The van der Waals surface area contributed by atoms with Crippen molar-refractivity contribution >= 4 is 38.8 Å². The van der Waals surface area contributed by atoms with Crippen LogP contribution in [0.2, 0.25) is 0 Å². The molecule has 2 aromatic rings. The molecule has 0 aliphatic carbocycles. The molecule has 0 fully saturated rings. The fraction of sp³-hybridized carbons (Fsp3) is 0.263. The molecule has 0 saturated heterocycles. The number of halogens is 6. The van der Waals surface area contributed by atoms with Crippen LogP contribution in [0.3, 0.4) is 0 Å². The molecule has 0 aliphatic heterocycles. The van der Waals surface area contributed by atoms with Crippen molar-refractivity contribution in [3.8, 4) is 0 Å². The normalized spacial score (nSPS) is 13.0. The standard InChI is InChI=1S/C19H16F6OSe2/c20-18(21,22)13-3-7-15(8-4-13)27-12-17(2-1-11-26)28-16-9-5-14(6-10-16)19(23,24)25/h3-10,12,26H,1-2,11H2/b17-12-. The SMILES string of the molecule is OCCC/C(=C/[Se]c1ccc(C(F)(F)F)cc1)[Se]c1ccc(C(F)(F)F)cc1. The number of rotatable bonds is 7. The summed E-state index contributed by atoms with van der Waals surface area (Å²) in [6.45, 7) is -0.00624. The number of aliphatic hydroxyl groups is 1. The summed E-state index contributed by atoms with van der Waals surface area (Å²) in [5, 5.41) is 9.05. The van der Waals surface area contributed by atoms with E-state index in [2.05, 4.69) is 0 Å². The first-order chi connectivity index (χ1) is 13.1. The van der Waals surface area contributed by atoms with Gasteiger partial charge in [-0.05, 0) is 0 Å². The summed E-state index contributed by atoms with van der Waals surface area (Å²) in [6.07, 6.45) is -7.64. The molecule has 0 unspecified atom stereocenters. The van der Waals surface area contributed by atoms with Gasteiger partial charge in [0.05, 0.1) is 0 Å². The molecule has 28 heavy (non-hydrogen) atoms. The summed E-state index contributed by atoms with van der Waals surface area (Å²) < 4.78 is 78.4. The zero-order chi connectivity index (χ0) is 20.8. The zero-order valence-corrected chi connectivity index (χ0v) is 17.8. The second-order valence-electron chi connectivity index (χ2n) is 5.68. The van der Waals surface area contributed by atoms with E-state index in [0.29, 0.717) is 12.8 Å². The van der Waals surface area contributed by atoms with Gasteiger partial charge in [0.1, 0.15) is 0 Å². The van der Waals surface area contributed by atoms with Crippen molar-refractivity contribution in [3.05, 3.63) is 69.1 Å². The topological polar surface area (TPSA) is 20.2 Å². The van der Waals surface area contributed by atoms with E-state index in [-0.39, 0.29) is 36.5 Å². The van der Waals surface area contributed by atoms with E-state index < -0.39 is 23.5 Å². The molecule has 0 bridgehead atoms. The first-order valence-electron chi connectivity index (χ1n) is 8.08. The van der Waals surface area contributed by atoms with E-state index in [1.165, 1.54) is 24.3 Å². The third-order valence-electron chi connectivity index (χ3n) is 3.52. The van der Waals surface area contributed by atoms with Crippen LogP contribution in [0.25, 0.3) is 0 Å². The number of benzene rings is 2. The molecule has 0 heterocycles. The van der Waals surface area contributed by atoms with Crippen LogP contribution in [0.1, 0.15) is 24.0 Å². The van der Waals surface area contributed by atoms with E-state index >= 15 is 0 Å². The molecule has 2 aromatic carbocycles. The summed E-state index contributed by atoms with van der Waals surface area (Å²) in [6, 6.07) is 9.94. The van der Waals surface area contributed by atoms with E-state index in [1.54, 1.807) is 0 Å². The van der Waals surface area contributed by atoms with Crippen molar-refractivity contribution < 1.29 is 31.4 Å². The Morgan fingerprint density at radius 1 is 0.786 bits per heavy atom. The van der Waals surface area contributed by atoms with Crippen LogP contribution in [0.15, 0.2) is 58.0 Å². The van der Waals surface area contributed by atoms with E-state index in [1.807, 2.05) is 4.97 Å². The summed E-state index contributed by atoms with van der Waals surface area (Å²) in [7, 11) is 0. The van der Waals surface area contributed by atoms with Gasteiger partial charge in [-0.3, -0.25) is 0 Å². The maximum atomic E-state index is 12.7. The molecule has 0 saturated carbocycles. The van der Waals surface area contributed by atoms with Crippen LogP contribution < -0.4 is 8.92 Å². The Balaban J connectivity index is 2.10. The van der Waals surface area contributed by atoms with Crippen LogP contribution in [-0.2, 0) is 12.4 Å². The van der Waals surface area contributed by atoms with E-state index in [0.717, 1.165) is 37.7 Å². The molecule has 0 atom stereocenters. The van der Waals surface area contributed by atoms with Crippen LogP contribution in [0.4, 0.5) is 26.3 Å². The predicted molar refractivity (Wildman–Crippen MR) is 98.1 cm³/mol. The van der Waals surface area contributed by atoms with Crippen LogP contribution >= 0.6 is 0 Å². The van der Waals surface area contributed by atoms with Gasteiger partial charge in [-0.1, -0.05) is 0 Å². The molecule has 0 aliphatic rings. The molecule has 1 N–H and O–H groups in total. The molecular weight excluding hydrogens is 516 g/mol. The number of alkyl halides is 6. The molecule has 0 radical (unpaired) electrons. The minimum atomic E-state index is -4.38. The Labute approximate surface area is 171 Å². The van der Waals surface area contributed by atoms with Crippen molar-refractivity contribution in [2.45, 2.75) is 25.2 Å². The predicted octanol–water partition coefficient (Wildman–Crippen LogP) is 3.70. The zero-order valence-electron chi connectivity index (χ0n) is 14.3. The van der Waals surface area contributed by atoms with Crippen LogP contribution in [0, 0.1) is 0 Å². The molecule has 0 amide bonds. The second kappa shape index (κ2) is 9.99. The first-order valence-corrected chi connectivity index (χ1v) is 11.6. The van der Waals surface area contributed by atoms with Gasteiger partial charge in [0, 0.05) is 0 Å². The van der Waals surface area contributed by atoms with Gasteiger partial charge in [0.25, 0.3) is 0 Å². The molecule has 0 aromatic heterocycles. The monoisotopic (exact) mass is 534 g/mol. The number of aliphatic hydroxyl groups excluding tert-OH is 1. The molecular formula is C19H16F6OSe2. The van der Waals surface area contributed by atoms with Gasteiger partial charge in [0.15, 0.2) is 0 Å². The minimum absolute atomic E-state index is 0.00624. The molecule has 1 nitrogen and oxygen atoms in total. The quantitative estimate of drug-likeness (QED) is 0.427. The van der Waals surface area contributed by atoms with E-state index in [4.69, 9.17) is 5.11 Å². The fourth-order valence-corrected chi connectivity index (χ4v) is 6.40. The van der Waals surface area contributed by atoms with Crippen molar-refractivity contribution in [3.63, 3.8) is 0 Å². The summed E-state index contributed by atoms with van der Waals surface area (Å²) in [5.41, 5.74) is -1.41. The van der Waals surface area contributed by atoms with Gasteiger partial charge < -0.3 is 0 Å². The van der Waals surface area contributed by atoms with Gasteiger partial charge in [0.2, 0.25) is 0 Å². The Kier molecular flexibility index (Phi) is 8.22. The Bertz CT molecular complexity index is 780. The van der Waals surface area contributed by atoms with Gasteiger partial charge in [-0.25, -0.2) is 0 Å². The van der Waals surface area contributed by atoms with Gasteiger partial charge >= 0.3 is 171 Å². The first kappa shape index (κ1) is 23.0. The number of allylic oxidation sites excluding steroid dienone is 1. The third kappa shape index (κ3) is 7.30. The van der Waals surface area contributed by atoms with Gasteiger partial charge in [-0.2, -0.15) is 0 Å². The fourth-order valence-electron chi connectivity index (χ4n) is 2.11. The van der Waals surface area contributed by atoms with Crippen molar-refractivity contribution in [2.75, 3.05) is 6.61 Å². The molecule has 9 heteroatoms. The van der Waals surface area contributed by atoms with Crippen molar-refractivity contribution in [1.82, 2.24) is 0 Å². The Morgan fingerprint density at radius 3 is 1.68 bits per heavy atom. The summed E-state index contributed by atoms with van der Waals surface area (Å²) in [5.74, 6) is 0. The maximum absolute atomic E-state index is 12.7. The average molecular weight is 532 g/mol. The Morgan fingerprint density at radius 2 is 1.25 bits per heavy atom. The van der Waals surface area contributed by atoms with Crippen LogP contribution in [0.5, 0.6) is 0 Å². The number of hydrogen-bond acceptors (Lipinski definition) is 1. The average Bonchev–Trinajstić information content (AvgIpc) is 2.63. The number of hydrogen-bond donors (Lipinski definition) is 1. The second-order valence-corrected chi connectivity index (χ2v) is 10.2. The third-order valence-corrected chi connectivity index (χ3v) is 8.55.